The van der Waals surface area contributed by atoms with Crippen LogP contribution in [-0.2, 0) is 6.54 Å². The van der Waals surface area contributed by atoms with E-state index in [9.17, 15) is 4.79 Å². The van der Waals surface area contributed by atoms with Crippen LogP contribution in [0.1, 0.15) is 21.5 Å². The number of hydrogen-bond donors (Lipinski definition) is 0. The molecule has 0 saturated heterocycles. The molecule has 20 heavy (non-hydrogen) atoms. The van der Waals surface area contributed by atoms with Crippen molar-refractivity contribution in [2.75, 3.05) is 13.6 Å². The summed E-state index contributed by atoms with van der Waals surface area (Å²) in [6.07, 6.45) is 0. The highest BCUT2D eigenvalue weighted by molar-refractivity contribution is 9.10. The van der Waals surface area contributed by atoms with Gasteiger partial charge in [-0.1, -0.05) is 57.9 Å². The minimum Gasteiger partial charge on any atom is -0.295 e. The van der Waals surface area contributed by atoms with Crippen molar-refractivity contribution >= 4 is 21.7 Å². The van der Waals surface area contributed by atoms with E-state index in [-0.39, 0.29) is 5.78 Å². The van der Waals surface area contributed by atoms with Gasteiger partial charge in [-0.15, -0.1) is 0 Å². The van der Waals surface area contributed by atoms with Gasteiger partial charge in [-0.3, -0.25) is 9.69 Å². The fraction of sp³-hybridized carbons (Fsp3) is 0.235. The zero-order valence-electron chi connectivity index (χ0n) is 11.8. The molecule has 104 valence electrons. The van der Waals surface area contributed by atoms with E-state index in [0.717, 1.165) is 16.6 Å². The van der Waals surface area contributed by atoms with E-state index >= 15 is 0 Å². The van der Waals surface area contributed by atoms with Crippen LogP contribution < -0.4 is 0 Å². The lowest BCUT2D eigenvalue weighted by Crippen LogP contribution is -2.25. The summed E-state index contributed by atoms with van der Waals surface area (Å²) in [5.74, 6) is 0.146. The molecule has 0 aromatic heterocycles. The Morgan fingerprint density at radius 3 is 2.50 bits per heavy atom. The van der Waals surface area contributed by atoms with Gasteiger partial charge in [0.15, 0.2) is 5.78 Å². The number of carbonyl (C=O) groups excluding carboxylic acids is 1. The third kappa shape index (κ3) is 4.29. The Bertz CT molecular complexity index is 592. The molecule has 0 N–H and O–H groups in total. The average molecular weight is 332 g/mol. The molecule has 0 radical (unpaired) electrons. The molecule has 0 fully saturated rings. The number of halogens is 1. The number of carbonyl (C=O) groups is 1. The molecule has 0 unspecified atom stereocenters. The summed E-state index contributed by atoms with van der Waals surface area (Å²) in [4.78, 5) is 14.2. The zero-order chi connectivity index (χ0) is 14.5. The topological polar surface area (TPSA) is 20.3 Å². The van der Waals surface area contributed by atoms with Gasteiger partial charge in [-0.05, 0) is 31.7 Å². The fourth-order valence-electron chi connectivity index (χ4n) is 2.15. The van der Waals surface area contributed by atoms with Crippen molar-refractivity contribution in [2.24, 2.45) is 0 Å². The number of aryl methyl sites for hydroxylation is 1. The van der Waals surface area contributed by atoms with E-state index in [4.69, 9.17) is 0 Å². The van der Waals surface area contributed by atoms with E-state index < -0.39 is 0 Å². The maximum Gasteiger partial charge on any atom is 0.176 e. The third-order valence-corrected chi connectivity index (χ3v) is 3.64. The van der Waals surface area contributed by atoms with E-state index in [0.29, 0.717) is 6.54 Å². The maximum atomic E-state index is 12.2. The van der Waals surface area contributed by atoms with Crippen LogP contribution in [0.5, 0.6) is 0 Å². The van der Waals surface area contributed by atoms with Crippen LogP contribution in [0.4, 0.5) is 0 Å². The lowest BCUT2D eigenvalue weighted by Gasteiger charge is -2.16. The number of Topliss-reactive ketones (excluding diaryl/α,β-unsaturated/α-hetero) is 1. The number of rotatable bonds is 5. The number of likely N-dealkylation sites (N-methyl/N-ethyl adjacent to an activating group) is 1. The minimum atomic E-state index is 0.146. The molecule has 0 aliphatic rings. The Hall–Kier alpha value is -1.45. The van der Waals surface area contributed by atoms with Gasteiger partial charge in [0.1, 0.15) is 0 Å². The van der Waals surface area contributed by atoms with Crippen LogP contribution in [0, 0.1) is 6.92 Å². The molecule has 0 bridgehead atoms. The largest absolute Gasteiger partial charge is 0.295 e. The van der Waals surface area contributed by atoms with Gasteiger partial charge in [0.05, 0.1) is 6.54 Å². The minimum absolute atomic E-state index is 0.146. The highest BCUT2D eigenvalue weighted by Gasteiger charge is 2.09. The second kappa shape index (κ2) is 6.82. The van der Waals surface area contributed by atoms with E-state index in [1.807, 2.05) is 36.2 Å². The second-order valence-corrected chi connectivity index (χ2v) is 6.01. The van der Waals surface area contributed by atoms with E-state index in [1.54, 1.807) is 0 Å². The van der Waals surface area contributed by atoms with Crippen LogP contribution in [0.2, 0.25) is 0 Å². The summed E-state index contributed by atoms with van der Waals surface area (Å²) in [5, 5.41) is 0. The molecule has 0 atom stereocenters. The SMILES string of the molecule is Cc1cccc(CN(C)CC(=O)c2ccc(Br)cc2)c1. The Labute approximate surface area is 128 Å². The molecular weight excluding hydrogens is 314 g/mol. The number of benzene rings is 2. The molecule has 0 aliphatic carbocycles. The lowest BCUT2D eigenvalue weighted by molar-refractivity contribution is 0.0943. The molecule has 0 saturated carbocycles. The predicted molar refractivity (Wildman–Crippen MR) is 86.0 cm³/mol. The first kappa shape index (κ1) is 14.9. The lowest BCUT2D eigenvalue weighted by atomic mass is 10.1. The van der Waals surface area contributed by atoms with Gasteiger partial charge in [0.25, 0.3) is 0 Å². The molecule has 0 spiro atoms. The summed E-state index contributed by atoms with van der Waals surface area (Å²) < 4.78 is 0.988. The van der Waals surface area contributed by atoms with Crippen molar-refractivity contribution in [3.05, 3.63) is 69.7 Å². The Morgan fingerprint density at radius 2 is 1.85 bits per heavy atom. The molecule has 2 nitrogen and oxygen atoms in total. The Kier molecular flexibility index (Phi) is 5.10. The first-order valence-corrected chi connectivity index (χ1v) is 7.37. The number of hydrogen-bond acceptors (Lipinski definition) is 2. The molecule has 2 aromatic rings. The normalized spacial score (nSPS) is 10.8. The molecule has 0 aliphatic heterocycles. The van der Waals surface area contributed by atoms with Gasteiger partial charge in [0, 0.05) is 16.6 Å². The summed E-state index contributed by atoms with van der Waals surface area (Å²) in [6, 6.07) is 15.9. The van der Waals surface area contributed by atoms with Gasteiger partial charge in [0.2, 0.25) is 0 Å². The first-order valence-electron chi connectivity index (χ1n) is 6.57. The van der Waals surface area contributed by atoms with Crippen LogP contribution in [-0.4, -0.2) is 24.3 Å². The summed E-state index contributed by atoms with van der Waals surface area (Å²) in [7, 11) is 1.97. The predicted octanol–water partition coefficient (Wildman–Crippen LogP) is 4.07. The van der Waals surface area contributed by atoms with Crippen LogP contribution in [0.25, 0.3) is 0 Å². The standard InChI is InChI=1S/C17H18BrNO/c1-13-4-3-5-14(10-13)11-19(2)12-17(20)15-6-8-16(18)9-7-15/h3-10H,11-12H2,1-2H3. The maximum absolute atomic E-state index is 12.2. The number of nitrogens with zero attached hydrogens (tertiary/aromatic N) is 1. The average Bonchev–Trinajstić information content (AvgIpc) is 2.39. The van der Waals surface area contributed by atoms with Crippen LogP contribution in [0.3, 0.4) is 0 Å². The molecule has 0 heterocycles. The van der Waals surface area contributed by atoms with Crippen molar-refractivity contribution in [1.29, 1.82) is 0 Å². The van der Waals surface area contributed by atoms with Gasteiger partial charge < -0.3 is 0 Å². The summed E-state index contributed by atoms with van der Waals surface area (Å²) in [5.41, 5.74) is 3.23. The first-order chi connectivity index (χ1) is 9.54. The third-order valence-electron chi connectivity index (χ3n) is 3.11. The van der Waals surface area contributed by atoms with Crippen molar-refractivity contribution < 1.29 is 4.79 Å². The van der Waals surface area contributed by atoms with Crippen molar-refractivity contribution in [3.8, 4) is 0 Å². The van der Waals surface area contributed by atoms with E-state index in [1.165, 1.54) is 11.1 Å². The van der Waals surface area contributed by atoms with Crippen molar-refractivity contribution in [2.45, 2.75) is 13.5 Å². The monoisotopic (exact) mass is 331 g/mol. The second-order valence-electron chi connectivity index (χ2n) is 5.09. The summed E-state index contributed by atoms with van der Waals surface area (Å²) in [6.45, 7) is 3.29. The highest BCUT2D eigenvalue weighted by Crippen LogP contribution is 2.12. The highest BCUT2D eigenvalue weighted by atomic mass is 79.9. The molecule has 2 rings (SSSR count). The van der Waals surface area contributed by atoms with Gasteiger partial charge in [-0.2, -0.15) is 0 Å². The fourth-order valence-corrected chi connectivity index (χ4v) is 2.41. The van der Waals surface area contributed by atoms with Crippen LogP contribution >= 0.6 is 15.9 Å². The Morgan fingerprint density at radius 1 is 1.15 bits per heavy atom. The Balaban J connectivity index is 1.95. The summed E-state index contributed by atoms with van der Waals surface area (Å²) >= 11 is 3.37. The molecular formula is C17H18BrNO. The quantitative estimate of drug-likeness (QED) is 0.769. The van der Waals surface area contributed by atoms with Crippen molar-refractivity contribution in [1.82, 2.24) is 4.90 Å². The smallest absolute Gasteiger partial charge is 0.176 e. The van der Waals surface area contributed by atoms with Gasteiger partial charge >= 0.3 is 0 Å². The van der Waals surface area contributed by atoms with Crippen LogP contribution in [0.15, 0.2) is 53.0 Å². The molecule has 3 heteroatoms. The zero-order valence-corrected chi connectivity index (χ0v) is 13.4. The van der Waals surface area contributed by atoms with E-state index in [2.05, 4.69) is 47.1 Å². The molecule has 2 aromatic carbocycles. The van der Waals surface area contributed by atoms with Crippen molar-refractivity contribution in [3.63, 3.8) is 0 Å². The number of ketones is 1. The molecule has 0 amide bonds. The van der Waals surface area contributed by atoms with Gasteiger partial charge in [-0.25, -0.2) is 0 Å².